The second-order valence-electron chi connectivity index (χ2n) is 5.26. The number of aliphatic carboxylic acids is 1. The number of rotatable bonds is 6. The summed E-state index contributed by atoms with van der Waals surface area (Å²) in [6, 6.07) is 7.29. The minimum Gasteiger partial charge on any atom is -0.492 e. The summed E-state index contributed by atoms with van der Waals surface area (Å²) < 4.78 is 5.67. The van der Waals surface area contributed by atoms with Gasteiger partial charge in [-0.25, -0.2) is 0 Å². The lowest BCUT2D eigenvalue weighted by atomic mass is 10.1. The molecule has 1 aliphatic heterocycles. The van der Waals surface area contributed by atoms with E-state index in [0.29, 0.717) is 6.61 Å². The Morgan fingerprint density at radius 1 is 1.42 bits per heavy atom. The van der Waals surface area contributed by atoms with E-state index >= 15 is 0 Å². The Labute approximate surface area is 114 Å². The largest absolute Gasteiger partial charge is 0.492 e. The zero-order chi connectivity index (χ0) is 13.7. The van der Waals surface area contributed by atoms with Crippen LogP contribution < -0.4 is 4.74 Å². The average molecular weight is 263 g/mol. The zero-order valence-electron chi connectivity index (χ0n) is 11.3. The first-order chi connectivity index (χ1) is 9.13. The number of ether oxygens (including phenoxy) is 1. The molecule has 1 N–H and O–H groups in total. The van der Waals surface area contributed by atoms with Crippen molar-refractivity contribution >= 4 is 5.97 Å². The van der Waals surface area contributed by atoms with Crippen molar-refractivity contribution in [2.45, 2.75) is 19.8 Å². The first-order valence-electron chi connectivity index (χ1n) is 6.79. The smallest absolute Gasteiger partial charge is 0.307 e. The third-order valence-electron chi connectivity index (χ3n) is 3.46. The lowest BCUT2D eigenvalue weighted by Gasteiger charge is -2.15. The van der Waals surface area contributed by atoms with Gasteiger partial charge in [-0.3, -0.25) is 9.69 Å². The topological polar surface area (TPSA) is 49.8 Å². The highest BCUT2D eigenvalue weighted by molar-refractivity contribution is 5.70. The Hall–Kier alpha value is -1.55. The fourth-order valence-electron chi connectivity index (χ4n) is 2.40. The van der Waals surface area contributed by atoms with Crippen molar-refractivity contribution in [3.63, 3.8) is 0 Å². The number of carbonyl (C=O) groups is 1. The summed E-state index contributed by atoms with van der Waals surface area (Å²) >= 11 is 0. The molecule has 1 unspecified atom stereocenters. The maximum atomic E-state index is 10.6. The number of hydrogen-bond acceptors (Lipinski definition) is 3. The highest BCUT2D eigenvalue weighted by Gasteiger charge is 2.17. The van der Waals surface area contributed by atoms with Crippen LogP contribution in [0.3, 0.4) is 0 Å². The van der Waals surface area contributed by atoms with Crippen LogP contribution in [0.2, 0.25) is 0 Å². The molecule has 4 heteroatoms. The van der Waals surface area contributed by atoms with Gasteiger partial charge in [-0.2, -0.15) is 0 Å². The van der Waals surface area contributed by atoms with Gasteiger partial charge in [-0.15, -0.1) is 0 Å². The maximum Gasteiger partial charge on any atom is 0.307 e. The highest BCUT2D eigenvalue weighted by Crippen LogP contribution is 2.15. The van der Waals surface area contributed by atoms with Crippen LogP contribution in [0.25, 0.3) is 0 Å². The van der Waals surface area contributed by atoms with E-state index in [1.165, 1.54) is 19.5 Å². The molecule has 0 amide bonds. The van der Waals surface area contributed by atoms with Gasteiger partial charge in [0.25, 0.3) is 0 Å². The zero-order valence-corrected chi connectivity index (χ0v) is 11.3. The fourth-order valence-corrected chi connectivity index (χ4v) is 2.40. The SMILES string of the molecule is CC1CCN(CCOc2ccc(CC(=O)O)cc2)C1. The third-order valence-corrected chi connectivity index (χ3v) is 3.46. The molecule has 0 radical (unpaired) electrons. The molecule has 0 bridgehead atoms. The molecule has 19 heavy (non-hydrogen) atoms. The van der Waals surface area contributed by atoms with E-state index in [9.17, 15) is 4.79 Å². The minimum absolute atomic E-state index is 0.0615. The van der Waals surface area contributed by atoms with Crippen molar-refractivity contribution in [2.24, 2.45) is 5.92 Å². The summed E-state index contributed by atoms with van der Waals surface area (Å²) in [4.78, 5) is 13.0. The Morgan fingerprint density at radius 2 is 2.16 bits per heavy atom. The summed E-state index contributed by atoms with van der Waals surface area (Å²) in [5, 5.41) is 8.68. The van der Waals surface area contributed by atoms with Crippen LogP contribution in [0.5, 0.6) is 5.75 Å². The van der Waals surface area contributed by atoms with Crippen LogP contribution in [-0.4, -0.2) is 42.2 Å². The standard InChI is InChI=1S/C15H21NO3/c1-12-6-7-16(11-12)8-9-19-14-4-2-13(3-5-14)10-15(17)18/h2-5,12H,6-11H2,1H3,(H,17,18). The second-order valence-corrected chi connectivity index (χ2v) is 5.26. The number of benzene rings is 1. The molecule has 1 aromatic carbocycles. The first kappa shape index (κ1) is 13.9. The molecule has 1 fully saturated rings. The van der Waals surface area contributed by atoms with E-state index in [2.05, 4.69) is 11.8 Å². The van der Waals surface area contributed by atoms with Crippen molar-refractivity contribution in [1.82, 2.24) is 4.90 Å². The molecule has 1 aromatic rings. The highest BCUT2D eigenvalue weighted by atomic mass is 16.5. The van der Waals surface area contributed by atoms with E-state index in [1.54, 1.807) is 12.1 Å². The quantitative estimate of drug-likeness (QED) is 0.853. The molecule has 104 valence electrons. The first-order valence-corrected chi connectivity index (χ1v) is 6.79. The average Bonchev–Trinajstić information content (AvgIpc) is 2.77. The fraction of sp³-hybridized carbons (Fsp3) is 0.533. The van der Waals surface area contributed by atoms with Crippen LogP contribution in [0.15, 0.2) is 24.3 Å². The van der Waals surface area contributed by atoms with Gasteiger partial charge in [0.05, 0.1) is 6.42 Å². The third kappa shape index (κ3) is 4.56. The minimum atomic E-state index is -0.808. The van der Waals surface area contributed by atoms with Gasteiger partial charge in [0.2, 0.25) is 0 Å². The molecule has 0 saturated carbocycles. The summed E-state index contributed by atoms with van der Waals surface area (Å²) in [7, 11) is 0. The predicted molar refractivity (Wildman–Crippen MR) is 73.5 cm³/mol. The molecule has 1 saturated heterocycles. The van der Waals surface area contributed by atoms with Crippen LogP contribution in [0.1, 0.15) is 18.9 Å². The Kier molecular flexibility index (Phi) is 4.80. The van der Waals surface area contributed by atoms with E-state index in [1.807, 2.05) is 12.1 Å². The molecule has 0 aromatic heterocycles. The summed E-state index contributed by atoms with van der Waals surface area (Å²) in [5.74, 6) is 0.800. The molecular formula is C15H21NO3. The van der Waals surface area contributed by atoms with Gasteiger partial charge in [-0.05, 0) is 36.6 Å². The lowest BCUT2D eigenvalue weighted by molar-refractivity contribution is -0.136. The molecule has 2 rings (SSSR count). The van der Waals surface area contributed by atoms with Crippen molar-refractivity contribution < 1.29 is 14.6 Å². The van der Waals surface area contributed by atoms with E-state index in [0.717, 1.165) is 23.8 Å². The van der Waals surface area contributed by atoms with Crippen molar-refractivity contribution in [3.05, 3.63) is 29.8 Å². The predicted octanol–water partition coefficient (Wildman–Crippen LogP) is 2.03. The van der Waals surface area contributed by atoms with Gasteiger partial charge in [0.1, 0.15) is 12.4 Å². The number of likely N-dealkylation sites (tertiary alicyclic amines) is 1. The molecule has 1 aliphatic rings. The van der Waals surface area contributed by atoms with Crippen molar-refractivity contribution in [2.75, 3.05) is 26.2 Å². The molecular weight excluding hydrogens is 242 g/mol. The van der Waals surface area contributed by atoms with E-state index in [-0.39, 0.29) is 6.42 Å². The molecule has 0 spiro atoms. The van der Waals surface area contributed by atoms with Crippen LogP contribution in [0, 0.1) is 5.92 Å². The van der Waals surface area contributed by atoms with E-state index < -0.39 is 5.97 Å². The van der Waals surface area contributed by atoms with Crippen molar-refractivity contribution in [3.8, 4) is 5.75 Å². The van der Waals surface area contributed by atoms with Gasteiger partial charge in [-0.1, -0.05) is 19.1 Å². The Balaban J connectivity index is 1.72. The summed E-state index contributed by atoms with van der Waals surface area (Å²) in [6.45, 7) is 6.26. The van der Waals surface area contributed by atoms with Crippen LogP contribution in [0.4, 0.5) is 0 Å². The molecule has 4 nitrogen and oxygen atoms in total. The van der Waals surface area contributed by atoms with Crippen LogP contribution in [-0.2, 0) is 11.2 Å². The maximum absolute atomic E-state index is 10.6. The summed E-state index contributed by atoms with van der Waals surface area (Å²) in [5.41, 5.74) is 0.799. The number of carboxylic acid groups (broad SMARTS) is 1. The van der Waals surface area contributed by atoms with Crippen LogP contribution >= 0.6 is 0 Å². The molecule has 1 atom stereocenters. The Morgan fingerprint density at radius 3 is 2.74 bits per heavy atom. The monoisotopic (exact) mass is 263 g/mol. The van der Waals surface area contributed by atoms with Gasteiger partial charge >= 0.3 is 5.97 Å². The molecule has 0 aliphatic carbocycles. The lowest BCUT2D eigenvalue weighted by Crippen LogP contribution is -2.25. The van der Waals surface area contributed by atoms with Gasteiger partial charge < -0.3 is 9.84 Å². The van der Waals surface area contributed by atoms with Gasteiger partial charge in [0.15, 0.2) is 0 Å². The molecule has 1 heterocycles. The van der Waals surface area contributed by atoms with Crippen molar-refractivity contribution in [1.29, 1.82) is 0 Å². The van der Waals surface area contributed by atoms with E-state index in [4.69, 9.17) is 9.84 Å². The number of nitrogens with zero attached hydrogens (tertiary/aromatic N) is 1. The normalized spacial score (nSPS) is 19.5. The number of carboxylic acids is 1. The second kappa shape index (κ2) is 6.57. The number of hydrogen-bond donors (Lipinski definition) is 1. The summed E-state index contributed by atoms with van der Waals surface area (Å²) in [6.07, 6.45) is 1.34. The Bertz CT molecular complexity index is 416. The van der Waals surface area contributed by atoms with Gasteiger partial charge in [0, 0.05) is 13.1 Å².